The van der Waals surface area contributed by atoms with Crippen LogP contribution in [0.5, 0.6) is 0 Å². The molecule has 1 aliphatic heterocycles. The predicted octanol–water partition coefficient (Wildman–Crippen LogP) is 2.90. The molecule has 142 valence electrons. The lowest BCUT2D eigenvalue weighted by Crippen LogP contribution is -2.49. The van der Waals surface area contributed by atoms with Gasteiger partial charge in [-0.15, -0.1) is 0 Å². The highest BCUT2D eigenvalue weighted by Crippen LogP contribution is 2.24. The van der Waals surface area contributed by atoms with E-state index in [4.69, 9.17) is 0 Å². The molecule has 0 radical (unpaired) electrons. The lowest BCUT2D eigenvalue weighted by atomic mass is 10.1. The van der Waals surface area contributed by atoms with Crippen LogP contribution in [0.25, 0.3) is 0 Å². The highest BCUT2D eigenvalue weighted by Gasteiger charge is 2.23. The van der Waals surface area contributed by atoms with Gasteiger partial charge in [0.05, 0.1) is 0 Å². The van der Waals surface area contributed by atoms with Crippen molar-refractivity contribution in [2.75, 3.05) is 31.1 Å². The topological polar surface area (TPSA) is 52.7 Å². The number of nitrogens with one attached hydrogen (secondary N) is 1. The molecule has 0 atom stereocenters. The minimum absolute atomic E-state index is 0.0585. The number of amides is 2. The lowest BCUT2D eigenvalue weighted by molar-refractivity contribution is -0.119. The van der Waals surface area contributed by atoms with Crippen molar-refractivity contribution in [2.45, 2.75) is 27.3 Å². The van der Waals surface area contributed by atoms with Gasteiger partial charge in [0.1, 0.15) is 0 Å². The van der Waals surface area contributed by atoms with Gasteiger partial charge in [-0.2, -0.15) is 0 Å². The Labute approximate surface area is 161 Å². The molecular formula is C22H27N3O2. The van der Waals surface area contributed by atoms with E-state index < -0.39 is 0 Å². The number of hydrogen-bond acceptors (Lipinski definition) is 3. The molecule has 5 heteroatoms. The van der Waals surface area contributed by atoms with Crippen LogP contribution in [0.4, 0.5) is 5.69 Å². The van der Waals surface area contributed by atoms with Crippen molar-refractivity contribution >= 4 is 17.5 Å². The number of piperazine rings is 1. The molecule has 2 aromatic carbocycles. The Balaban J connectivity index is 1.60. The molecule has 1 saturated heterocycles. The van der Waals surface area contributed by atoms with Crippen molar-refractivity contribution in [1.29, 1.82) is 0 Å². The van der Waals surface area contributed by atoms with Crippen LogP contribution in [0, 0.1) is 13.8 Å². The van der Waals surface area contributed by atoms with E-state index in [1.54, 1.807) is 0 Å². The van der Waals surface area contributed by atoms with E-state index in [0.29, 0.717) is 12.1 Å². The summed E-state index contributed by atoms with van der Waals surface area (Å²) in [5.41, 5.74) is 5.56. The molecule has 27 heavy (non-hydrogen) atoms. The molecule has 0 bridgehead atoms. The fraction of sp³-hybridized carbons (Fsp3) is 0.364. The first-order valence-electron chi connectivity index (χ1n) is 9.39. The summed E-state index contributed by atoms with van der Waals surface area (Å²) < 4.78 is 0. The number of aryl methyl sites for hydroxylation is 1. The summed E-state index contributed by atoms with van der Waals surface area (Å²) in [4.78, 5) is 28.1. The molecule has 1 heterocycles. The van der Waals surface area contributed by atoms with Crippen molar-refractivity contribution < 1.29 is 9.59 Å². The Kier molecular flexibility index (Phi) is 5.79. The Morgan fingerprint density at radius 3 is 2.26 bits per heavy atom. The number of carbonyl (C=O) groups excluding carboxylic acids is 2. The third kappa shape index (κ3) is 4.48. The average Bonchev–Trinajstić information content (AvgIpc) is 2.68. The van der Waals surface area contributed by atoms with Gasteiger partial charge in [0.25, 0.3) is 5.91 Å². The van der Waals surface area contributed by atoms with Crippen LogP contribution in [0.15, 0.2) is 42.5 Å². The molecule has 1 aliphatic rings. The van der Waals surface area contributed by atoms with Gasteiger partial charge in [-0.05, 0) is 48.7 Å². The van der Waals surface area contributed by atoms with E-state index in [1.165, 1.54) is 23.7 Å². The van der Waals surface area contributed by atoms with E-state index in [9.17, 15) is 9.59 Å². The van der Waals surface area contributed by atoms with Crippen LogP contribution in [0.2, 0.25) is 0 Å². The number of hydrogen-bond donors (Lipinski definition) is 1. The average molecular weight is 365 g/mol. The maximum atomic E-state index is 12.8. The molecule has 1 N–H and O–H groups in total. The summed E-state index contributed by atoms with van der Waals surface area (Å²) in [6.07, 6.45) is 0. The van der Waals surface area contributed by atoms with Crippen molar-refractivity contribution in [1.82, 2.24) is 10.2 Å². The Bertz CT molecular complexity index is 822. The fourth-order valence-corrected chi connectivity index (χ4v) is 3.40. The standard InChI is InChI=1S/C22H27N3O2/c1-16-5-4-6-21(17(16)2)24-11-13-25(14-12-24)22(27)20-9-7-19(8-10-20)15-23-18(3)26/h4-10H,11-15H2,1-3H3,(H,23,26). The molecular weight excluding hydrogens is 338 g/mol. The molecule has 1 fully saturated rings. The van der Waals surface area contributed by atoms with E-state index in [2.05, 4.69) is 42.3 Å². The van der Waals surface area contributed by atoms with E-state index in [-0.39, 0.29) is 11.8 Å². The normalized spacial score (nSPS) is 14.2. The minimum Gasteiger partial charge on any atom is -0.368 e. The summed E-state index contributed by atoms with van der Waals surface area (Å²) in [6, 6.07) is 13.9. The van der Waals surface area contributed by atoms with Crippen LogP contribution in [-0.2, 0) is 11.3 Å². The summed E-state index contributed by atoms with van der Waals surface area (Å²) in [6.45, 7) is 9.40. The first-order chi connectivity index (χ1) is 13.0. The van der Waals surface area contributed by atoms with Crippen LogP contribution in [0.3, 0.4) is 0 Å². The largest absolute Gasteiger partial charge is 0.368 e. The Hall–Kier alpha value is -2.82. The number of benzene rings is 2. The van der Waals surface area contributed by atoms with E-state index in [1.807, 2.05) is 29.2 Å². The molecule has 0 spiro atoms. The van der Waals surface area contributed by atoms with Crippen LogP contribution in [0.1, 0.15) is 34.0 Å². The van der Waals surface area contributed by atoms with Gasteiger partial charge in [-0.1, -0.05) is 24.3 Å². The van der Waals surface area contributed by atoms with Gasteiger partial charge in [0, 0.05) is 50.9 Å². The van der Waals surface area contributed by atoms with Crippen molar-refractivity contribution in [3.05, 3.63) is 64.7 Å². The minimum atomic E-state index is -0.0585. The molecule has 0 aliphatic carbocycles. The monoisotopic (exact) mass is 365 g/mol. The number of rotatable bonds is 4. The molecule has 5 nitrogen and oxygen atoms in total. The first kappa shape index (κ1) is 19.0. The van der Waals surface area contributed by atoms with E-state index in [0.717, 1.165) is 31.7 Å². The smallest absolute Gasteiger partial charge is 0.253 e. The molecule has 3 rings (SSSR count). The van der Waals surface area contributed by atoms with Crippen LogP contribution in [-0.4, -0.2) is 42.9 Å². The molecule has 2 amide bonds. The molecule has 0 saturated carbocycles. The van der Waals surface area contributed by atoms with Gasteiger partial charge < -0.3 is 15.1 Å². The fourth-order valence-electron chi connectivity index (χ4n) is 3.40. The second-order valence-electron chi connectivity index (χ2n) is 7.10. The second kappa shape index (κ2) is 8.25. The zero-order chi connectivity index (χ0) is 19.4. The van der Waals surface area contributed by atoms with Crippen LogP contribution >= 0.6 is 0 Å². The number of anilines is 1. The summed E-state index contributed by atoms with van der Waals surface area (Å²) in [5.74, 6) is 0.0126. The van der Waals surface area contributed by atoms with Crippen molar-refractivity contribution in [2.24, 2.45) is 0 Å². The number of nitrogens with zero attached hydrogens (tertiary/aromatic N) is 2. The second-order valence-corrected chi connectivity index (χ2v) is 7.10. The van der Waals surface area contributed by atoms with Gasteiger partial charge >= 0.3 is 0 Å². The van der Waals surface area contributed by atoms with Crippen molar-refractivity contribution in [3.8, 4) is 0 Å². The Morgan fingerprint density at radius 1 is 0.963 bits per heavy atom. The SMILES string of the molecule is CC(=O)NCc1ccc(C(=O)N2CCN(c3cccc(C)c3C)CC2)cc1. The third-order valence-corrected chi connectivity index (χ3v) is 5.23. The van der Waals surface area contributed by atoms with E-state index >= 15 is 0 Å². The lowest BCUT2D eigenvalue weighted by Gasteiger charge is -2.37. The summed E-state index contributed by atoms with van der Waals surface area (Å²) in [5, 5.41) is 2.76. The maximum Gasteiger partial charge on any atom is 0.253 e. The van der Waals surface area contributed by atoms with Gasteiger partial charge in [-0.3, -0.25) is 9.59 Å². The summed E-state index contributed by atoms with van der Waals surface area (Å²) in [7, 11) is 0. The molecule has 0 unspecified atom stereocenters. The summed E-state index contributed by atoms with van der Waals surface area (Å²) >= 11 is 0. The molecule has 0 aromatic heterocycles. The predicted molar refractivity (Wildman–Crippen MR) is 108 cm³/mol. The van der Waals surface area contributed by atoms with Gasteiger partial charge in [0.15, 0.2) is 0 Å². The Morgan fingerprint density at radius 2 is 1.63 bits per heavy atom. The van der Waals surface area contributed by atoms with Crippen LogP contribution < -0.4 is 10.2 Å². The first-order valence-corrected chi connectivity index (χ1v) is 9.39. The zero-order valence-electron chi connectivity index (χ0n) is 16.3. The maximum absolute atomic E-state index is 12.8. The highest BCUT2D eigenvalue weighted by molar-refractivity contribution is 5.94. The zero-order valence-corrected chi connectivity index (χ0v) is 16.3. The highest BCUT2D eigenvalue weighted by atomic mass is 16.2. The van der Waals surface area contributed by atoms with Crippen molar-refractivity contribution in [3.63, 3.8) is 0 Å². The van der Waals surface area contributed by atoms with Gasteiger partial charge in [-0.25, -0.2) is 0 Å². The third-order valence-electron chi connectivity index (χ3n) is 5.23. The van der Waals surface area contributed by atoms with Gasteiger partial charge in [0.2, 0.25) is 5.91 Å². The number of carbonyl (C=O) groups is 2. The quantitative estimate of drug-likeness (QED) is 0.906. The molecule has 2 aromatic rings.